The first-order chi connectivity index (χ1) is 5.45. The summed E-state index contributed by atoms with van der Waals surface area (Å²) in [5, 5.41) is 0. The smallest absolute Gasteiger partial charge is 0.269 e. The SMILES string of the molecule is C1=CC[C]([Zr][C]2=CC=CC2)=C1.F.F. The van der Waals surface area contributed by atoms with Crippen molar-refractivity contribution >= 4 is 0 Å². The van der Waals surface area contributed by atoms with Crippen LogP contribution < -0.4 is 0 Å². The van der Waals surface area contributed by atoms with Gasteiger partial charge in [0, 0.05) is 0 Å². The summed E-state index contributed by atoms with van der Waals surface area (Å²) in [5.41, 5.74) is 0. The van der Waals surface area contributed by atoms with Gasteiger partial charge in [0.1, 0.15) is 0 Å². The summed E-state index contributed by atoms with van der Waals surface area (Å²) < 4.78 is 3.45. The van der Waals surface area contributed by atoms with Crippen LogP contribution in [0.25, 0.3) is 0 Å². The van der Waals surface area contributed by atoms with Gasteiger partial charge in [-0.25, -0.2) is 0 Å². The standard InChI is InChI=1S/2C5H5.2FH.Zr/c2*1-2-4-5-3-1;;;/h2*1-3H,4H2;2*1H;. The average Bonchev–Trinajstić information content (AvgIpc) is 2.60. The number of rotatable bonds is 2. The average molecular weight is 261 g/mol. The zero-order chi connectivity index (χ0) is 7.52. The Labute approximate surface area is 88.4 Å². The van der Waals surface area contributed by atoms with E-state index in [1.54, 1.807) is 6.56 Å². The van der Waals surface area contributed by atoms with Gasteiger partial charge >= 0.3 is 79.1 Å². The quantitative estimate of drug-likeness (QED) is 0.716. The van der Waals surface area contributed by atoms with Crippen LogP contribution >= 0.6 is 0 Å². The van der Waals surface area contributed by atoms with Crippen LogP contribution in [0.1, 0.15) is 12.8 Å². The second kappa shape index (κ2) is 6.20. The van der Waals surface area contributed by atoms with Crippen LogP contribution in [-0.2, 0) is 23.2 Å². The van der Waals surface area contributed by atoms with E-state index in [0.717, 1.165) is 0 Å². The molecule has 0 nitrogen and oxygen atoms in total. The molecule has 2 rings (SSSR count). The minimum absolute atomic E-state index is 0. The van der Waals surface area contributed by atoms with Crippen molar-refractivity contribution in [2.24, 2.45) is 0 Å². The fourth-order valence-electron chi connectivity index (χ4n) is 1.29. The molecule has 70 valence electrons. The van der Waals surface area contributed by atoms with Crippen molar-refractivity contribution in [2.45, 2.75) is 12.8 Å². The Morgan fingerprint density at radius 2 is 1.31 bits per heavy atom. The second-order valence-electron chi connectivity index (χ2n) is 2.77. The topological polar surface area (TPSA) is 0 Å². The molecule has 0 saturated carbocycles. The van der Waals surface area contributed by atoms with Crippen molar-refractivity contribution < 1.29 is 32.6 Å². The predicted octanol–water partition coefficient (Wildman–Crippen LogP) is 3.06. The molecule has 0 unspecified atom stereocenters. The van der Waals surface area contributed by atoms with E-state index in [-0.39, 0.29) is 32.6 Å². The summed E-state index contributed by atoms with van der Waals surface area (Å²) in [6.07, 6.45) is 16.0. The third-order valence-electron chi connectivity index (χ3n) is 1.86. The zero-order valence-electron chi connectivity index (χ0n) is 7.19. The van der Waals surface area contributed by atoms with Crippen molar-refractivity contribution in [3.05, 3.63) is 43.0 Å². The summed E-state index contributed by atoms with van der Waals surface area (Å²) >= 11 is -0.312. The first kappa shape index (κ1) is 12.7. The van der Waals surface area contributed by atoms with Gasteiger partial charge in [0.2, 0.25) is 0 Å². The maximum absolute atomic E-state index is 2.31. The van der Waals surface area contributed by atoms with Crippen LogP contribution in [0.15, 0.2) is 43.0 Å². The van der Waals surface area contributed by atoms with Gasteiger partial charge < -0.3 is 0 Å². The van der Waals surface area contributed by atoms with Gasteiger partial charge in [-0.2, -0.15) is 0 Å². The van der Waals surface area contributed by atoms with E-state index in [9.17, 15) is 0 Å². The number of hydrogen-bond donors (Lipinski definition) is 0. The van der Waals surface area contributed by atoms with Gasteiger partial charge in [-0.05, 0) is 0 Å². The van der Waals surface area contributed by atoms with Crippen molar-refractivity contribution in [1.82, 2.24) is 0 Å². The van der Waals surface area contributed by atoms with Crippen molar-refractivity contribution in [3.63, 3.8) is 0 Å². The molecule has 0 radical (unpaired) electrons. The van der Waals surface area contributed by atoms with Gasteiger partial charge in [-0.1, -0.05) is 0 Å². The molecular weight excluding hydrogens is 249 g/mol. The van der Waals surface area contributed by atoms with E-state index >= 15 is 0 Å². The molecule has 0 heterocycles. The van der Waals surface area contributed by atoms with Gasteiger partial charge in [0.05, 0.1) is 0 Å². The number of hydrogen-bond acceptors (Lipinski definition) is 0. The molecule has 3 heteroatoms. The fraction of sp³-hybridized carbons (Fsp3) is 0.200. The van der Waals surface area contributed by atoms with Crippen molar-refractivity contribution in [3.8, 4) is 0 Å². The van der Waals surface area contributed by atoms with E-state index in [4.69, 9.17) is 0 Å². The molecule has 2 aliphatic carbocycles. The van der Waals surface area contributed by atoms with Crippen LogP contribution in [0.5, 0.6) is 0 Å². The molecular formula is C10H12F2Zr. The predicted molar refractivity (Wildman–Crippen MR) is 48.7 cm³/mol. The first-order valence-corrected chi connectivity index (χ1v) is 6.39. The van der Waals surface area contributed by atoms with Crippen LogP contribution in [0.2, 0.25) is 0 Å². The normalized spacial score (nSPS) is 17.2. The minimum Gasteiger partial charge on any atom is -0.269 e. The van der Waals surface area contributed by atoms with E-state index in [1.807, 2.05) is 0 Å². The van der Waals surface area contributed by atoms with Crippen molar-refractivity contribution in [2.75, 3.05) is 0 Å². The summed E-state index contributed by atoms with van der Waals surface area (Å²) in [6.45, 7) is 0. The molecule has 13 heavy (non-hydrogen) atoms. The first-order valence-electron chi connectivity index (χ1n) is 3.93. The maximum Gasteiger partial charge on any atom is -0.269 e. The third-order valence-corrected chi connectivity index (χ3v) is 5.27. The zero-order valence-corrected chi connectivity index (χ0v) is 9.65. The van der Waals surface area contributed by atoms with Crippen LogP contribution in [-0.4, -0.2) is 0 Å². The molecule has 0 amide bonds. The summed E-state index contributed by atoms with van der Waals surface area (Å²) in [6, 6.07) is 0. The van der Waals surface area contributed by atoms with E-state index in [0.29, 0.717) is 0 Å². The van der Waals surface area contributed by atoms with Gasteiger partial charge in [-0.15, -0.1) is 0 Å². The summed E-state index contributed by atoms with van der Waals surface area (Å²) in [7, 11) is 0. The van der Waals surface area contributed by atoms with Crippen LogP contribution in [0.4, 0.5) is 9.41 Å². The molecule has 0 N–H and O–H groups in total. The van der Waals surface area contributed by atoms with E-state index in [1.165, 1.54) is 12.8 Å². The molecule has 0 aliphatic heterocycles. The summed E-state index contributed by atoms with van der Waals surface area (Å²) in [5.74, 6) is 0. The van der Waals surface area contributed by atoms with Gasteiger partial charge in [0.25, 0.3) is 0 Å². The molecule has 0 bridgehead atoms. The summed E-state index contributed by atoms with van der Waals surface area (Å²) in [4.78, 5) is 0. The van der Waals surface area contributed by atoms with E-state index in [2.05, 4.69) is 36.5 Å². The van der Waals surface area contributed by atoms with Gasteiger partial charge in [0.15, 0.2) is 0 Å². The Bertz CT molecular complexity index is 247. The van der Waals surface area contributed by atoms with Gasteiger partial charge in [-0.3, -0.25) is 9.41 Å². The third kappa shape index (κ3) is 3.52. The Balaban J connectivity index is 0.000000720. The second-order valence-corrected chi connectivity index (χ2v) is 6.55. The number of halogens is 2. The molecule has 0 aromatic carbocycles. The Morgan fingerprint density at radius 3 is 1.62 bits per heavy atom. The molecule has 0 atom stereocenters. The molecule has 0 aromatic heterocycles. The number of allylic oxidation sites excluding steroid dienone is 8. The van der Waals surface area contributed by atoms with Crippen molar-refractivity contribution in [1.29, 1.82) is 0 Å². The van der Waals surface area contributed by atoms with Crippen LogP contribution in [0, 0.1) is 0 Å². The monoisotopic (exact) mass is 260 g/mol. The molecule has 0 aromatic rings. The van der Waals surface area contributed by atoms with E-state index < -0.39 is 0 Å². The molecule has 2 aliphatic rings. The van der Waals surface area contributed by atoms with Crippen LogP contribution in [0.3, 0.4) is 0 Å². The molecule has 0 saturated heterocycles. The largest absolute Gasteiger partial charge is 0.269 e. The Morgan fingerprint density at radius 1 is 0.846 bits per heavy atom. The fourth-order valence-corrected chi connectivity index (χ4v) is 4.26. The molecule has 0 fully saturated rings. The maximum atomic E-state index is 2.31. The Hall–Kier alpha value is -0.297. The minimum atomic E-state index is -0.312. The molecule has 0 spiro atoms. The Kier molecular flexibility index (Phi) is 6.06.